The Morgan fingerprint density at radius 2 is 1.71 bits per heavy atom. The van der Waals surface area contributed by atoms with Crippen LogP contribution < -0.4 is 19.7 Å². The molecule has 1 heterocycles. The second-order valence-corrected chi connectivity index (χ2v) is 7.46. The number of fused-ring (bicyclic) bond motifs is 1. The van der Waals surface area contributed by atoms with E-state index in [0.717, 1.165) is 5.56 Å². The molecule has 0 bridgehead atoms. The number of hydrogen-bond acceptors (Lipinski definition) is 4. The summed E-state index contributed by atoms with van der Waals surface area (Å²) in [7, 11) is 0. The fraction of sp³-hybridized carbons (Fsp3) is 0.167. The van der Waals surface area contributed by atoms with Crippen molar-refractivity contribution in [3.05, 3.63) is 89.4 Å². The molecule has 0 saturated heterocycles. The Morgan fingerprint density at radius 1 is 1.00 bits per heavy atom. The van der Waals surface area contributed by atoms with E-state index in [0.29, 0.717) is 28.8 Å². The molecular formula is C24H21ClN2O4. The summed E-state index contributed by atoms with van der Waals surface area (Å²) >= 11 is 5.88. The zero-order valence-corrected chi connectivity index (χ0v) is 17.4. The van der Waals surface area contributed by atoms with Gasteiger partial charge in [-0.05, 0) is 42.0 Å². The first-order chi connectivity index (χ1) is 15.1. The van der Waals surface area contributed by atoms with Crippen molar-refractivity contribution in [3.63, 3.8) is 0 Å². The number of ether oxygens (including phenoxy) is 2. The minimum absolute atomic E-state index is 0.0977. The van der Waals surface area contributed by atoms with E-state index in [1.165, 1.54) is 4.90 Å². The van der Waals surface area contributed by atoms with E-state index < -0.39 is 6.10 Å². The predicted octanol–water partition coefficient (Wildman–Crippen LogP) is 3.83. The van der Waals surface area contributed by atoms with Crippen LogP contribution in [0.3, 0.4) is 0 Å². The quantitative estimate of drug-likeness (QED) is 0.637. The summed E-state index contributed by atoms with van der Waals surface area (Å²) in [6, 6.07) is 23.5. The second kappa shape index (κ2) is 9.53. The average Bonchev–Trinajstić information content (AvgIpc) is 2.82. The van der Waals surface area contributed by atoms with Crippen molar-refractivity contribution in [2.75, 3.05) is 18.1 Å². The third-order valence-corrected chi connectivity index (χ3v) is 5.10. The van der Waals surface area contributed by atoms with E-state index in [1.54, 1.807) is 42.5 Å². The van der Waals surface area contributed by atoms with Gasteiger partial charge in [0.25, 0.3) is 11.8 Å². The highest BCUT2D eigenvalue weighted by atomic mass is 35.5. The van der Waals surface area contributed by atoms with Gasteiger partial charge in [0.15, 0.2) is 12.7 Å². The Balaban J connectivity index is 1.44. The molecule has 31 heavy (non-hydrogen) atoms. The van der Waals surface area contributed by atoms with E-state index in [-0.39, 0.29) is 25.0 Å². The van der Waals surface area contributed by atoms with Crippen LogP contribution in [0, 0.1) is 0 Å². The molecule has 7 heteroatoms. The number of hydrogen-bond donors (Lipinski definition) is 1. The summed E-state index contributed by atoms with van der Waals surface area (Å²) in [4.78, 5) is 27.2. The van der Waals surface area contributed by atoms with Gasteiger partial charge in [-0.2, -0.15) is 0 Å². The first-order valence-electron chi connectivity index (χ1n) is 9.86. The lowest BCUT2D eigenvalue weighted by Crippen LogP contribution is -2.51. The van der Waals surface area contributed by atoms with Crippen LogP contribution in [0.4, 0.5) is 5.69 Å². The topological polar surface area (TPSA) is 67.9 Å². The van der Waals surface area contributed by atoms with Crippen molar-refractivity contribution in [3.8, 4) is 11.5 Å². The van der Waals surface area contributed by atoms with Crippen LogP contribution in [0.25, 0.3) is 0 Å². The third kappa shape index (κ3) is 5.16. The summed E-state index contributed by atoms with van der Waals surface area (Å²) in [5, 5.41) is 3.46. The van der Waals surface area contributed by atoms with Gasteiger partial charge < -0.3 is 19.7 Å². The van der Waals surface area contributed by atoms with Crippen LogP contribution in [-0.2, 0) is 16.1 Å². The van der Waals surface area contributed by atoms with Crippen molar-refractivity contribution in [1.29, 1.82) is 0 Å². The maximum atomic E-state index is 12.9. The average molecular weight is 437 g/mol. The lowest BCUT2D eigenvalue weighted by Gasteiger charge is -2.34. The second-order valence-electron chi connectivity index (χ2n) is 7.02. The first-order valence-corrected chi connectivity index (χ1v) is 10.2. The van der Waals surface area contributed by atoms with Crippen LogP contribution in [0.15, 0.2) is 78.9 Å². The van der Waals surface area contributed by atoms with Crippen LogP contribution in [0.2, 0.25) is 5.02 Å². The number of carbonyl (C=O) groups is 2. The summed E-state index contributed by atoms with van der Waals surface area (Å²) in [6.07, 6.45) is -0.821. The minimum atomic E-state index is -0.821. The number of halogens is 1. The maximum absolute atomic E-state index is 12.9. The number of nitrogens with zero attached hydrogens (tertiary/aromatic N) is 1. The molecular weight excluding hydrogens is 416 g/mol. The molecule has 0 unspecified atom stereocenters. The Kier molecular flexibility index (Phi) is 6.38. The van der Waals surface area contributed by atoms with Gasteiger partial charge in [-0.3, -0.25) is 9.59 Å². The van der Waals surface area contributed by atoms with Crippen LogP contribution in [-0.4, -0.2) is 31.1 Å². The largest absolute Gasteiger partial charge is 0.484 e. The SMILES string of the molecule is O=C(NCc1ccccc1)[C@H]1CN(C(=O)COc2ccc(Cl)cc2)c2ccccc2O1. The predicted molar refractivity (Wildman–Crippen MR) is 118 cm³/mol. The molecule has 3 aromatic carbocycles. The number of amides is 2. The number of nitrogens with one attached hydrogen (secondary N) is 1. The van der Waals surface area contributed by atoms with Gasteiger partial charge in [0.1, 0.15) is 11.5 Å². The molecule has 158 valence electrons. The number of benzene rings is 3. The molecule has 3 aromatic rings. The van der Waals surface area contributed by atoms with E-state index in [2.05, 4.69) is 5.32 Å². The number of para-hydroxylation sites is 2. The molecule has 0 fully saturated rings. The van der Waals surface area contributed by atoms with E-state index in [9.17, 15) is 9.59 Å². The van der Waals surface area contributed by atoms with Crippen molar-refractivity contribution in [1.82, 2.24) is 5.32 Å². The number of rotatable bonds is 6. The van der Waals surface area contributed by atoms with Gasteiger partial charge in [-0.15, -0.1) is 0 Å². The van der Waals surface area contributed by atoms with Crippen molar-refractivity contribution < 1.29 is 19.1 Å². The highest BCUT2D eigenvalue weighted by Crippen LogP contribution is 2.33. The van der Waals surface area contributed by atoms with Gasteiger partial charge >= 0.3 is 0 Å². The number of anilines is 1. The van der Waals surface area contributed by atoms with E-state index >= 15 is 0 Å². The molecule has 0 radical (unpaired) electrons. The zero-order valence-electron chi connectivity index (χ0n) is 16.7. The lowest BCUT2D eigenvalue weighted by molar-refractivity contribution is -0.128. The van der Waals surface area contributed by atoms with Crippen LogP contribution in [0.1, 0.15) is 5.56 Å². The Bertz CT molecular complexity index is 1060. The van der Waals surface area contributed by atoms with Crippen LogP contribution in [0.5, 0.6) is 11.5 Å². The Morgan fingerprint density at radius 3 is 2.48 bits per heavy atom. The smallest absolute Gasteiger partial charge is 0.265 e. The molecule has 0 aromatic heterocycles. The summed E-state index contributed by atoms with van der Waals surface area (Å²) in [6.45, 7) is 0.309. The van der Waals surface area contributed by atoms with Crippen LogP contribution >= 0.6 is 11.6 Å². The highest BCUT2D eigenvalue weighted by Gasteiger charge is 2.33. The molecule has 0 saturated carbocycles. The molecule has 2 amide bonds. The lowest BCUT2D eigenvalue weighted by atomic mass is 10.1. The number of carbonyl (C=O) groups excluding carboxylic acids is 2. The fourth-order valence-electron chi connectivity index (χ4n) is 3.26. The van der Waals surface area contributed by atoms with Gasteiger partial charge in [-0.1, -0.05) is 54.1 Å². The molecule has 0 spiro atoms. The third-order valence-electron chi connectivity index (χ3n) is 4.85. The van der Waals surface area contributed by atoms with E-state index in [1.807, 2.05) is 36.4 Å². The fourth-order valence-corrected chi connectivity index (χ4v) is 3.39. The van der Waals surface area contributed by atoms with Crippen molar-refractivity contribution >= 4 is 29.1 Å². The minimum Gasteiger partial charge on any atom is -0.484 e. The Labute approximate surface area is 185 Å². The van der Waals surface area contributed by atoms with Crippen molar-refractivity contribution in [2.24, 2.45) is 0 Å². The van der Waals surface area contributed by atoms with Gasteiger partial charge in [0.2, 0.25) is 0 Å². The molecule has 1 aliphatic heterocycles. The maximum Gasteiger partial charge on any atom is 0.265 e. The summed E-state index contributed by atoms with van der Waals surface area (Å²) in [5.41, 5.74) is 1.59. The van der Waals surface area contributed by atoms with Gasteiger partial charge in [0, 0.05) is 11.6 Å². The van der Waals surface area contributed by atoms with E-state index in [4.69, 9.17) is 21.1 Å². The van der Waals surface area contributed by atoms with Crippen molar-refractivity contribution in [2.45, 2.75) is 12.6 Å². The highest BCUT2D eigenvalue weighted by molar-refractivity contribution is 6.30. The standard InChI is InChI=1S/C24H21ClN2O4/c25-18-10-12-19(13-11-18)30-16-23(28)27-15-22(31-21-9-5-4-8-20(21)27)24(29)26-14-17-6-2-1-3-7-17/h1-13,22H,14-16H2,(H,26,29)/t22-/m1/s1. The van der Waals surface area contributed by atoms with Gasteiger partial charge in [-0.25, -0.2) is 0 Å². The Hall–Kier alpha value is -3.51. The molecule has 1 N–H and O–H groups in total. The molecule has 0 aliphatic carbocycles. The normalized spacial score (nSPS) is 14.9. The van der Waals surface area contributed by atoms with Gasteiger partial charge in [0.05, 0.1) is 12.2 Å². The molecule has 6 nitrogen and oxygen atoms in total. The summed E-state index contributed by atoms with van der Waals surface area (Å²) in [5.74, 6) is 0.464. The molecule has 4 rings (SSSR count). The molecule has 1 atom stereocenters. The zero-order chi connectivity index (χ0) is 21.6. The summed E-state index contributed by atoms with van der Waals surface area (Å²) < 4.78 is 11.5. The molecule has 1 aliphatic rings. The monoisotopic (exact) mass is 436 g/mol. The first kappa shape index (κ1) is 20.8.